The van der Waals surface area contributed by atoms with Crippen LogP contribution < -0.4 is 10.5 Å². The fourth-order valence-corrected chi connectivity index (χ4v) is 2.45. The minimum absolute atomic E-state index is 0.648. The summed E-state index contributed by atoms with van der Waals surface area (Å²) in [7, 11) is 0. The standard InChI is InChI=1S/C14H14BrNOS/c15-11-5-7-12(8-6-11)18-10-9-17-14-4-2-1-3-13(14)16/h1-8H,9-10,16H2. The van der Waals surface area contributed by atoms with Crippen molar-refractivity contribution in [2.75, 3.05) is 18.1 Å². The van der Waals surface area contributed by atoms with E-state index in [0.717, 1.165) is 16.0 Å². The molecule has 2 aromatic rings. The van der Waals surface area contributed by atoms with Gasteiger partial charge in [-0.05, 0) is 36.4 Å². The van der Waals surface area contributed by atoms with Crippen LogP contribution in [0, 0.1) is 0 Å². The van der Waals surface area contributed by atoms with E-state index in [0.29, 0.717) is 12.3 Å². The highest BCUT2D eigenvalue weighted by molar-refractivity contribution is 9.10. The first-order chi connectivity index (χ1) is 8.75. The Morgan fingerprint density at radius 2 is 1.78 bits per heavy atom. The predicted octanol–water partition coefficient (Wildman–Crippen LogP) is 4.20. The summed E-state index contributed by atoms with van der Waals surface area (Å²) >= 11 is 5.19. The molecule has 0 fully saturated rings. The zero-order valence-corrected chi connectivity index (χ0v) is 12.2. The number of rotatable bonds is 5. The smallest absolute Gasteiger partial charge is 0.142 e. The Kier molecular flexibility index (Phi) is 4.96. The van der Waals surface area contributed by atoms with Gasteiger partial charge in [-0.15, -0.1) is 11.8 Å². The van der Waals surface area contributed by atoms with E-state index >= 15 is 0 Å². The van der Waals surface area contributed by atoms with Crippen molar-refractivity contribution in [2.45, 2.75) is 4.90 Å². The van der Waals surface area contributed by atoms with Crippen molar-refractivity contribution < 1.29 is 4.74 Å². The van der Waals surface area contributed by atoms with Crippen molar-refractivity contribution in [3.8, 4) is 5.75 Å². The van der Waals surface area contributed by atoms with E-state index < -0.39 is 0 Å². The zero-order valence-electron chi connectivity index (χ0n) is 9.80. The molecule has 18 heavy (non-hydrogen) atoms. The Morgan fingerprint density at radius 1 is 1.06 bits per heavy atom. The van der Waals surface area contributed by atoms with Crippen LogP contribution in [-0.2, 0) is 0 Å². The molecule has 0 amide bonds. The van der Waals surface area contributed by atoms with Gasteiger partial charge in [0.1, 0.15) is 5.75 Å². The van der Waals surface area contributed by atoms with Gasteiger partial charge >= 0.3 is 0 Å². The summed E-state index contributed by atoms with van der Waals surface area (Å²) in [4.78, 5) is 1.24. The van der Waals surface area contributed by atoms with E-state index in [2.05, 4.69) is 28.1 Å². The third-order valence-electron chi connectivity index (χ3n) is 2.34. The molecule has 0 unspecified atom stereocenters. The van der Waals surface area contributed by atoms with Crippen LogP contribution in [0.4, 0.5) is 5.69 Å². The number of para-hydroxylation sites is 2. The number of nitrogen functional groups attached to an aromatic ring is 1. The number of benzene rings is 2. The average Bonchev–Trinajstić information content (AvgIpc) is 2.39. The predicted molar refractivity (Wildman–Crippen MR) is 81.2 cm³/mol. The fourth-order valence-electron chi connectivity index (χ4n) is 1.45. The highest BCUT2D eigenvalue weighted by atomic mass is 79.9. The quantitative estimate of drug-likeness (QED) is 0.508. The van der Waals surface area contributed by atoms with Crippen LogP contribution in [-0.4, -0.2) is 12.4 Å². The van der Waals surface area contributed by atoms with Crippen molar-refractivity contribution in [3.63, 3.8) is 0 Å². The molecule has 0 saturated carbocycles. The van der Waals surface area contributed by atoms with Crippen molar-refractivity contribution >= 4 is 33.4 Å². The lowest BCUT2D eigenvalue weighted by molar-refractivity contribution is 0.346. The van der Waals surface area contributed by atoms with Crippen LogP contribution in [0.15, 0.2) is 57.9 Å². The van der Waals surface area contributed by atoms with Crippen LogP contribution in [0.5, 0.6) is 5.75 Å². The van der Waals surface area contributed by atoms with Gasteiger partial charge < -0.3 is 10.5 Å². The summed E-state index contributed by atoms with van der Waals surface area (Å²) < 4.78 is 6.72. The second kappa shape index (κ2) is 6.71. The molecule has 0 saturated heterocycles. The lowest BCUT2D eigenvalue weighted by Crippen LogP contribution is -2.02. The number of ether oxygens (including phenoxy) is 1. The third-order valence-corrected chi connectivity index (χ3v) is 3.85. The summed E-state index contributed by atoms with van der Waals surface area (Å²) in [6.45, 7) is 0.648. The van der Waals surface area contributed by atoms with Crippen molar-refractivity contribution in [2.24, 2.45) is 0 Å². The first-order valence-corrected chi connectivity index (χ1v) is 7.39. The summed E-state index contributed by atoms with van der Waals surface area (Å²) in [5.74, 6) is 1.66. The van der Waals surface area contributed by atoms with Gasteiger partial charge in [-0.25, -0.2) is 0 Å². The third kappa shape index (κ3) is 3.96. The molecule has 0 atom stereocenters. The molecule has 94 valence electrons. The first kappa shape index (κ1) is 13.3. The largest absolute Gasteiger partial charge is 0.491 e. The zero-order chi connectivity index (χ0) is 12.8. The molecule has 0 aromatic heterocycles. The second-order valence-electron chi connectivity index (χ2n) is 3.69. The average molecular weight is 324 g/mol. The number of halogens is 1. The number of hydrogen-bond acceptors (Lipinski definition) is 3. The lowest BCUT2D eigenvalue weighted by Gasteiger charge is -2.08. The van der Waals surface area contributed by atoms with Gasteiger partial charge in [0.25, 0.3) is 0 Å². The molecule has 0 aliphatic carbocycles. The molecular formula is C14H14BrNOS. The minimum atomic E-state index is 0.648. The van der Waals surface area contributed by atoms with Gasteiger partial charge in [0, 0.05) is 15.1 Å². The van der Waals surface area contributed by atoms with Gasteiger partial charge in [0.05, 0.1) is 12.3 Å². The monoisotopic (exact) mass is 323 g/mol. The van der Waals surface area contributed by atoms with Crippen molar-refractivity contribution in [1.82, 2.24) is 0 Å². The molecular weight excluding hydrogens is 310 g/mol. The normalized spacial score (nSPS) is 10.3. The number of hydrogen-bond donors (Lipinski definition) is 1. The molecule has 2 N–H and O–H groups in total. The Labute approximate surface area is 120 Å². The Morgan fingerprint density at radius 3 is 2.50 bits per heavy atom. The van der Waals surface area contributed by atoms with Crippen molar-refractivity contribution in [3.05, 3.63) is 53.0 Å². The molecule has 4 heteroatoms. The van der Waals surface area contributed by atoms with Gasteiger partial charge in [-0.3, -0.25) is 0 Å². The van der Waals surface area contributed by atoms with E-state index in [9.17, 15) is 0 Å². The van der Waals surface area contributed by atoms with Gasteiger partial charge in [0.2, 0.25) is 0 Å². The number of anilines is 1. The Bertz CT molecular complexity index is 501. The summed E-state index contributed by atoms with van der Waals surface area (Å²) in [6, 6.07) is 15.8. The Balaban J connectivity index is 1.76. The summed E-state index contributed by atoms with van der Waals surface area (Å²) in [5.41, 5.74) is 6.48. The number of thioether (sulfide) groups is 1. The van der Waals surface area contributed by atoms with Crippen molar-refractivity contribution in [1.29, 1.82) is 0 Å². The lowest BCUT2D eigenvalue weighted by atomic mass is 10.3. The van der Waals surface area contributed by atoms with Crippen LogP contribution in [0.3, 0.4) is 0 Å². The van der Waals surface area contributed by atoms with E-state index in [1.54, 1.807) is 11.8 Å². The van der Waals surface area contributed by atoms with Gasteiger partial charge in [-0.1, -0.05) is 28.1 Å². The van der Waals surface area contributed by atoms with E-state index in [1.807, 2.05) is 36.4 Å². The van der Waals surface area contributed by atoms with Gasteiger partial charge in [0.15, 0.2) is 0 Å². The molecule has 0 heterocycles. The Hall–Kier alpha value is -1.13. The highest BCUT2D eigenvalue weighted by Gasteiger charge is 1.99. The second-order valence-corrected chi connectivity index (χ2v) is 5.77. The maximum absolute atomic E-state index is 5.79. The minimum Gasteiger partial charge on any atom is -0.491 e. The van der Waals surface area contributed by atoms with Crippen LogP contribution in [0.25, 0.3) is 0 Å². The molecule has 0 radical (unpaired) electrons. The van der Waals surface area contributed by atoms with Crippen LogP contribution in [0.2, 0.25) is 0 Å². The summed E-state index contributed by atoms with van der Waals surface area (Å²) in [5, 5.41) is 0. The maximum Gasteiger partial charge on any atom is 0.142 e. The first-order valence-electron chi connectivity index (χ1n) is 5.61. The molecule has 0 spiro atoms. The van der Waals surface area contributed by atoms with E-state index in [4.69, 9.17) is 10.5 Å². The molecule has 2 nitrogen and oxygen atoms in total. The SMILES string of the molecule is Nc1ccccc1OCCSc1ccc(Br)cc1. The fraction of sp³-hybridized carbons (Fsp3) is 0.143. The molecule has 2 rings (SSSR count). The highest BCUT2D eigenvalue weighted by Crippen LogP contribution is 2.22. The molecule has 0 bridgehead atoms. The topological polar surface area (TPSA) is 35.2 Å². The maximum atomic E-state index is 5.79. The van der Waals surface area contributed by atoms with Gasteiger partial charge in [-0.2, -0.15) is 0 Å². The van der Waals surface area contributed by atoms with E-state index in [-0.39, 0.29) is 0 Å². The van der Waals surface area contributed by atoms with E-state index in [1.165, 1.54) is 4.90 Å². The molecule has 0 aliphatic rings. The molecule has 0 aliphatic heterocycles. The van der Waals surface area contributed by atoms with Crippen LogP contribution in [0.1, 0.15) is 0 Å². The molecule has 2 aromatic carbocycles. The number of nitrogens with two attached hydrogens (primary N) is 1. The summed E-state index contributed by atoms with van der Waals surface area (Å²) in [6.07, 6.45) is 0. The van der Waals surface area contributed by atoms with Crippen LogP contribution >= 0.6 is 27.7 Å².